The molecule has 0 aromatic heterocycles. The predicted molar refractivity (Wildman–Crippen MR) is 79.6 cm³/mol. The third-order valence-electron chi connectivity index (χ3n) is 3.78. The number of hydrogen-bond donors (Lipinski definition) is 1. The molecule has 3 rings (SSSR count). The van der Waals surface area contributed by atoms with Crippen LogP contribution in [-0.2, 0) is 11.2 Å². The minimum Gasteiger partial charge on any atom is -0.330 e. The number of rotatable bonds is 5. The lowest BCUT2D eigenvalue weighted by Crippen LogP contribution is -2.36. The van der Waals surface area contributed by atoms with E-state index < -0.39 is 0 Å². The summed E-state index contributed by atoms with van der Waals surface area (Å²) in [7, 11) is 0. The van der Waals surface area contributed by atoms with Crippen LogP contribution in [0.2, 0.25) is 0 Å². The molecule has 1 heterocycles. The van der Waals surface area contributed by atoms with Crippen molar-refractivity contribution in [3.63, 3.8) is 0 Å². The molecule has 2 N–H and O–H groups in total. The van der Waals surface area contributed by atoms with Crippen LogP contribution in [-0.4, -0.2) is 24.7 Å². The molecule has 1 aliphatic carbocycles. The summed E-state index contributed by atoms with van der Waals surface area (Å²) in [6.45, 7) is 1.62. The predicted octanol–water partition coefficient (Wildman–Crippen LogP) is 2.43. The van der Waals surface area contributed by atoms with Crippen LogP contribution in [0.15, 0.2) is 23.1 Å². The SMILES string of the molecule is NCCSc1ccc2c(c1)CCC(=O)N2CC1CC1. The number of anilines is 1. The molecule has 0 saturated heterocycles. The maximum Gasteiger partial charge on any atom is 0.227 e. The largest absolute Gasteiger partial charge is 0.330 e. The van der Waals surface area contributed by atoms with E-state index in [1.165, 1.54) is 23.3 Å². The minimum absolute atomic E-state index is 0.293. The second-order valence-electron chi connectivity index (χ2n) is 5.38. The molecule has 1 amide bonds. The molecule has 1 aliphatic heterocycles. The molecule has 0 radical (unpaired) electrons. The summed E-state index contributed by atoms with van der Waals surface area (Å²) >= 11 is 1.79. The number of thioether (sulfide) groups is 1. The van der Waals surface area contributed by atoms with Crippen molar-refractivity contribution in [2.24, 2.45) is 11.7 Å². The molecule has 2 aliphatic rings. The Morgan fingerprint density at radius 3 is 2.89 bits per heavy atom. The van der Waals surface area contributed by atoms with Gasteiger partial charge in [-0.1, -0.05) is 0 Å². The number of hydrogen-bond acceptors (Lipinski definition) is 3. The summed E-state index contributed by atoms with van der Waals surface area (Å²) in [5.74, 6) is 1.98. The van der Waals surface area contributed by atoms with Crippen molar-refractivity contribution in [3.05, 3.63) is 23.8 Å². The number of nitrogens with two attached hydrogens (primary N) is 1. The van der Waals surface area contributed by atoms with Crippen LogP contribution in [0.25, 0.3) is 0 Å². The monoisotopic (exact) mass is 276 g/mol. The summed E-state index contributed by atoms with van der Waals surface area (Å²) in [5.41, 5.74) is 8.00. The molecule has 0 bridgehead atoms. The highest BCUT2D eigenvalue weighted by Gasteiger charge is 2.30. The van der Waals surface area contributed by atoms with Crippen LogP contribution in [0.3, 0.4) is 0 Å². The van der Waals surface area contributed by atoms with Gasteiger partial charge in [0.05, 0.1) is 0 Å². The van der Waals surface area contributed by atoms with Crippen LogP contribution in [0.5, 0.6) is 0 Å². The molecule has 1 saturated carbocycles. The summed E-state index contributed by atoms with van der Waals surface area (Å²) in [4.78, 5) is 15.4. The molecule has 3 nitrogen and oxygen atoms in total. The van der Waals surface area contributed by atoms with Crippen LogP contribution >= 0.6 is 11.8 Å². The Morgan fingerprint density at radius 1 is 1.32 bits per heavy atom. The summed E-state index contributed by atoms with van der Waals surface area (Å²) in [6, 6.07) is 6.48. The van der Waals surface area contributed by atoms with E-state index in [1.54, 1.807) is 11.8 Å². The van der Waals surface area contributed by atoms with Gasteiger partial charge < -0.3 is 10.6 Å². The zero-order valence-electron chi connectivity index (χ0n) is 11.1. The molecule has 1 aromatic carbocycles. The Bertz CT molecular complexity index is 485. The maximum atomic E-state index is 12.1. The topological polar surface area (TPSA) is 46.3 Å². The molecule has 0 unspecified atom stereocenters. The first-order valence-electron chi connectivity index (χ1n) is 7.04. The zero-order valence-corrected chi connectivity index (χ0v) is 11.9. The number of nitrogens with zero attached hydrogens (tertiary/aromatic N) is 1. The van der Waals surface area contributed by atoms with Crippen LogP contribution < -0.4 is 10.6 Å². The van der Waals surface area contributed by atoms with Crippen molar-refractivity contribution in [3.8, 4) is 0 Å². The van der Waals surface area contributed by atoms with E-state index in [9.17, 15) is 4.79 Å². The Morgan fingerprint density at radius 2 is 2.16 bits per heavy atom. The van der Waals surface area contributed by atoms with E-state index in [0.29, 0.717) is 18.9 Å². The van der Waals surface area contributed by atoms with Crippen LogP contribution in [0.4, 0.5) is 5.69 Å². The van der Waals surface area contributed by atoms with Gasteiger partial charge in [-0.25, -0.2) is 0 Å². The highest BCUT2D eigenvalue weighted by atomic mass is 32.2. The van der Waals surface area contributed by atoms with Gasteiger partial charge >= 0.3 is 0 Å². The minimum atomic E-state index is 0.293. The fourth-order valence-corrected chi connectivity index (χ4v) is 3.31. The van der Waals surface area contributed by atoms with Crippen molar-refractivity contribution < 1.29 is 4.79 Å². The van der Waals surface area contributed by atoms with Gasteiger partial charge in [0.1, 0.15) is 0 Å². The second-order valence-corrected chi connectivity index (χ2v) is 6.54. The van der Waals surface area contributed by atoms with E-state index in [4.69, 9.17) is 5.73 Å². The highest BCUT2D eigenvalue weighted by Crippen LogP contribution is 2.36. The van der Waals surface area contributed by atoms with E-state index in [0.717, 1.165) is 30.3 Å². The van der Waals surface area contributed by atoms with Gasteiger partial charge in [0.2, 0.25) is 5.91 Å². The van der Waals surface area contributed by atoms with Gasteiger partial charge in [-0.3, -0.25) is 4.79 Å². The zero-order chi connectivity index (χ0) is 13.2. The maximum absolute atomic E-state index is 12.1. The number of benzene rings is 1. The number of carbonyl (C=O) groups excluding carboxylic acids is 1. The first kappa shape index (κ1) is 13.0. The summed E-state index contributed by atoms with van der Waals surface area (Å²) in [6.07, 6.45) is 4.10. The lowest BCUT2D eigenvalue weighted by atomic mass is 10.0. The fraction of sp³-hybridized carbons (Fsp3) is 0.533. The van der Waals surface area contributed by atoms with Crippen LogP contribution in [0.1, 0.15) is 24.8 Å². The molecule has 4 heteroatoms. The molecule has 0 atom stereocenters. The van der Waals surface area contributed by atoms with Gasteiger partial charge in [0, 0.05) is 35.8 Å². The van der Waals surface area contributed by atoms with Crippen molar-refractivity contribution in [1.82, 2.24) is 0 Å². The summed E-state index contributed by atoms with van der Waals surface area (Å²) in [5, 5.41) is 0. The quantitative estimate of drug-likeness (QED) is 0.840. The Kier molecular flexibility index (Phi) is 3.80. The van der Waals surface area contributed by atoms with E-state index in [2.05, 4.69) is 18.2 Å². The number of carbonyl (C=O) groups is 1. The molecule has 102 valence electrons. The molecule has 0 spiro atoms. The van der Waals surface area contributed by atoms with Crippen molar-refractivity contribution in [1.29, 1.82) is 0 Å². The summed E-state index contributed by atoms with van der Waals surface area (Å²) < 4.78 is 0. The van der Waals surface area contributed by atoms with Crippen LogP contribution in [0, 0.1) is 5.92 Å². The van der Waals surface area contributed by atoms with Gasteiger partial charge in [0.15, 0.2) is 0 Å². The van der Waals surface area contributed by atoms with E-state index >= 15 is 0 Å². The average Bonchev–Trinajstić information content (AvgIpc) is 3.23. The smallest absolute Gasteiger partial charge is 0.227 e. The third-order valence-corrected chi connectivity index (χ3v) is 4.80. The lowest BCUT2D eigenvalue weighted by molar-refractivity contribution is -0.118. The number of amides is 1. The average molecular weight is 276 g/mol. The highest BCUT2D eigenvalue weighted by molar-refractivity contribution is 7.99. The van der Waals surface area contributed by atoms with Crippen molar-refractivity contribution in [2.75, 3.05) is 23.7 Å². The first-order chi connectivity index (χ1) is 9.28. The standard InChI is InChI=1S/C15H20N2OS/c16-7-8-19-13-4-5-14-12(9-13)3-6-15(18)17(14)10-11-1-2-11/h4-5,9,11H,1-3,6-8,10,16H2. The van der Waals surface area contributed by atoms with Gasteiger partial charge in [-0.15, -0.1) is 11.8 Å². The molecule has 1 fully saturated rings. The van der Waals surface area contributed by atoms with E-state index in [-0.39, 0.29) is 0 Å². The normalized spacial score (nSPS) is 18.6. The Hall–Kier alpha value is -1.00. The fourth-order valence-electron chi connectivity index (χ4n) is 2.56. The van der Waals surface area contributed by atoms with Crippen molar-refractivity contribution in [2.45, 2.75) is 30.6 Å². The first-order valence-corrected chi connectivity index (χ1v) is 8.02. The van der Waals surface area contributed by atoms with Gasteiger partial charge in [0.25, 0.3) is 0 Å². The molecule has 1 aromatic rings. The Labute approximate surface area is 118 Å². The number of aryl methyl sites for hydroxylation is 1. The molecular weight excluding hydrogens is 256 g/mol. The van der Waals surface area contributed by atoms with E-state index in [1.807, 2.05) is 4.90 Å². The second kappa shape index (κ2) is 5.55. The van der Waals surface area contributed by atoms with Crippen molar-refractivity contribution >= 4 is 23.4 Å². The van der Waals surface area contributed by atoms with Gasteiger partial charge in [-0.05, 0) is 48.9 Å². The molecule has 19 heavy (non-hydrogen) atoms. The lowest BCUT2D eigenvalue weighted by Gasteiger charge is -2.30. The molecular formula is C15H20N2OS. The Balaban J connectivity index is 1.81. The number of fused-ring (bicyclic) bond motifs is 1. The van der Waals surface area contributed by atoms with Gasteiger partial charge in [-0.2, -0.15) is 0 Å². The third kappa shape index (κ3) is 2.95.